The molecule has 0 aliphatic heterocycles. The van der Waals surface area contributed by atoms with E-state index in [4.69, 9.17) is 15.9 Å². The average Bonchev–Trinajstić information content (AvgIpc) is 3.27. The van der Waals surface area contributed by atoms with Gasteiger partial charge in [0, 0.05) is 18.0 Å². The van der Waals surface area contributed by atoms with Gasteiger partial charge in [-0.3, -0.25) is 24.6 Å². The molecule has 1 aliphatic carbocycles. The molecule has 0 aromatic heterocycles. The summed E-state index contributed by atoms with van der Waals surface area (Å²) < 4.78 is 5.30. The molecule has 10 heteroatoms. The van der Waals surface area contributed by atoms with Crippen LogP contribution in [0.5, 0.6) is 0 Å². The van der Waals surface area contributed by atoms with E-state index in [1.165, 1.54) is 0 Å². The van der Waals surface area contributed by atoms with Gasteiger partial charge in [0.2, 0.25) is 17.7 Å². The number of carbonyl (C=O) groups excluding carboxylic acids is 4. The maximum absolute atomic E-state index is 12.8. The van der Waals surface area contributed by atoms with Crippen LogP contribution in [0.2, 0.25) is 0 Å². The standard InChI is InChI=1S/C25H37N5O5/c1-25(2,3)35-22(33)14-19(24(34)29-18-6-4-5-7-18)30-21(32)15-28-20(31)13-10-16-8-11-17(12-9-16)23(26)27/h8-9,11-12,18-19H,4-7,10,13-15H2,1-3H3,(H3,26,27)(H,28,31)(H,29,34)(H,30,32)/t19-/m0/s1. The number of nitrogen functional groups attached to an aromatic ring is 1. The Bertz CT molecular complexity index is 917. The lowest BCUT2D eigenvalue weighted by Crippen LogP contribution is -2.52. The number of nitrogens with two attached hydrogens (primary N) is 1. The zero-order valence-corrected chi connectivity index (χ0v) is 20.7. The number of esters is 1. The number of hydrogen-bond acceptors (Lipinski definition) is 6. The van der Waals surface area contributed by atoms with E-state index in [0.29, 0.717) is 12.0 Å². The molecule has 192 valence electrons. The van der Waals surface area contributed by atoms with Crippen LogP contribution in [0, 0.1) is 5.41 Å². The topological polar surface area (TPSA) is 163 Å². The number of rotatable bonds is 11. The summed E-state index contributed by atoms with van der Waals surface area (Å²) in [5.41, 5.74) is 6.22. The van der Waals surface area contributed by atoms with E-state index >= 15 is 0 Å². The highest BCUT2D eigenvalue weighted by atomic mass is 16.6. The molecule has 1 aromatic carbocycles. The first-order valence-corrected chi connectivity index (χ1v) is 11.9. The lowest BCUT2D eigenvalue weighted by Gasteiger charge is -2.24. The fourth-order valence-electron chi connectivity index (χ4n) is 3.75. The summed E-state index contributed by atoms with van der Waals surface area (Å²) in [4.78, 5) is 49.7. The molecular formula is C25H37N5O5. The van der Waals surface area contributed by atoms with E-state index in [9.17, 15) is 19.2 Å². The predicted octanol–water partition coefficient (Wildman–Crippen LogP) is 1.29. The number of nitrogens with one attached hydrogen (secondary N) is 4. The number of ether oxygens (including phenoxy) is 1. The highest BCUT2D eigenvalue weighted by Crippen LogP contribution is 2.18. The Morgan fingerprint density at radius 1 is 1.09 bits per heavy atom. The van der Waals surface area contributed by atoms with Gasteiger partial charge in [0.1, 0.15) is 17.5 Å². The Kier molecular flexibility index (Phi) is 10.2. The summed E-state index contributed by atoms with van der Waals surface area (Å²) in [7, 11) is 0. The van der Waals surface area contributed by atoms with Crippen molar-refractivity contribution in [3.05, 3.63) is 35.4 Å². The molecule has 3 amide bonds. The van der Waals surface area contributed by atoms with Crippen LogP contribution in [0.3, 0.4) is 0 Å². The third-order valence-corrected chi connectivity index (χ3v) is 5.50. The van der Waals surface area contributed by atoms with Crippen LogP contribution in [0.1, 0.15) is 70.4 Å². The summed E-state index contributed by atoms with van der Waals surface area (Å²) in [5, 5.41) is 15.4. The third kappa shape index (κ3) is 10.6. The third-order valence-electron chi connectivity index (χ3n) is 5.50. The van der Waals surface area contributed by atoms with E-state index in [-0.39, 0.29) is 37.2 Å². The van der Waals surface area contributed by atoms with Crippen molar-refractivity contribution in [2.24, 2.45) is 5.73 Å². The fraction of sp³-hybridized carbons (Fsp3) is 0.560. The zero-order valence-electron chi connectivity index (χ0n) is 20.7. The number of benzene rings is 1. The monoisotopic (exact) mass is 487 g/mol. The highest BCUT2D eigenvalue weighted by Gasteiger charge is 2.29. The molecule has 0 bridgehead atoms. The number of amidine groups is 1. The minimum absolute atomic E-state index is 0.0257. The van der Waals surface area contributed by atoms with E-state index < -0.39 is 29.4 Å². The largest absolute Gasteiger partial charge is 0.460 e. The molecule has 35 heavy (non-hydrogen) atoms. The second-order valence-electron chi connectivity index (χ2n) is 9.79. The lowest BCUT2D eigenvalue weighted by atomic mass is 10.1. The second kappa shape index (κ2) is 12.9. The van der Waals surface area contributed by atoms with Crippen molar-refractivity contribution in [1.82, 2.24) is 16.0 Å². The molecule has 6 N–H and O–H groups in total. The first-order valence-electron chi connectivity index (χ1n) is 11.9. The van der Waals surface area contributed by atoms with E-state index in [1.807, 2.05) is 0 Å². The maximum Gasteiger partial charge on any atom is 0.308 e. The summed E-state index contributed by atoms with van der Waals surface area (Å²) >= 11 is 0. The molecule has 1 saturated carbocycles. The molecule has 0 saturated heterocycles. The number of aryl methyl sites for hydroxylation is 1. The van der Waals surface area contributed by atoms with Gasteiger partial charge in [-0.1, -0.05) is 37.1 Å². The van der Waals surface area contributed by atoms with Crippen molar-refractivity contribution < 1.29 is 23.9 Å². The van der Waals surface area contributed by atoms with Crippen LogP contribution >= 0.6 is 0 Å². The maximum atomic E-state index is 12.8. The zero-order chi connectivity index (χ0) is 26.0. The van der Waals surface area contributed by atoms with Gasteiger partial charge in [-0.05, 0) is 45.6 Å². The minimum atomic E-state index is -1.09. The first-order chi connectivity index (χ1) is 16.4. The molecule has 1 aromatic rings. The number of carbonyl (C=O) groups is 4. The van der Waals surface area contributed by atoms with Gasteiger partial charge in [0.05, 0.1) is 13.0 Å². The Labute approximate surface area is 206 Å². The molecule has 10 nitrogen and oxygen atoms in total. The van der Waals surface area contributed by atoms with Gasteiger partial charge < -0.3 is 26.4 Å². The molecule has 1 atom stereocenters. The normalized spacial score (nSPS) is 14.6. The second-order valence-corrected chi connectivity index (χ2v) is 9.79. The van der Waals surface area contributed by atoms with Crippen molar-refractivity contribution >= 4 is 29.5 Å². The van der Waals surface area contributed by atoms with Crippen LogP contribution in [-0.4, -0.2) is 53.8 Å². The minimum Gasteiger partial charge on any atom is -0.460 e. The molecule has 1 fully saturated rings. The Morgan fingerprint density at radius 2 is 1.71 bits per heavy atom. The molecule has 2 rings (SSSR count). The Hall–Kier alpha value is -3.43. The smallest absolute Gasteiger partial charge is 0.308 e. The molecule has 0 spiro atoms. The van der Waals surface area contributed by atoms with Crippen LogP contribution in [0.4, 0.5) is 0 Å². The Morgan fingerprint density at radius 3 is 2.29 bits per heavy atom. The van der Waals surface area contributed by atoms with E-state index in [0.717, 1.165) is 31.2 Å². The van der Waals surface area contributed by atoms with Crippen LogP contribution in [0.25, 0.3) is 0 Å². The summed E-state index contributed by atoms with van der Waals surface area (Å²) in [5.74, 6) is -1.95. The summed E-state index contributed by atoms with van der Waals surface area (Å²) in [6.45, 7) is 4.86. The molecular weight excluding hydrogens is 450 g/mol. The Balaban J connectivity index is 1.85. The van der Waals surface area contributed by atoms with Gasteiger partial charge in [0.25, 0.3) is 0 Å². The average molecular weight is 488 g/mol. The first kappa shape index (κ1) is 27.8. The SMILES string of the molecule is CC(C)(C)OC(=O)C[C@H](NC(=O)CNC(=O)CCc1ccc(C(=N)N)cc1)C(=O)NC1CCCC1. The van der Waals surface area contributed by atoms with Gasteiger partial charge >= 0.3 is 5.97 Å². The van der Waals surface area contributed by atoms with Crippen molar-refractivity contribution in [2.45, 2.75) is 83.4 Å². The van der Waals surface area contributed by atoms with Crippen molar-refractivity contribution in [2.75, 3.05) is 6.54 Å². The van der Waals surface area contributed by atoms with Gasteiger partial charge in [-0.25, -0.2) is 0 Å². The van der Waals surface area contributed by atoms with Gasteiger partial charge in [-0.15, -0.1) is 0 Å². The van der Waals surface area contributed by atoms with E-state index in [1.54, 1.807) is 45.0 Å². The molecule has 0 heterocycles. The molecule has 0 unspecified atom stereocenters. The van der Waals surface area contributed by atoms with Crippen LogP contribution < -0.4 is 21.7 Å². The molecule has 1 aliphatic rings. The highest BCUT2D eigenvalue weighted by molar-refractivity contribution is 5.95. The van der Waals surface area contributed by atoms with Crippen molar-refractivity contribution in [1.29, 1.82) is 5.41 Å². The molecule has 0 radical (unpaired) electrons. The van der Waals surface area contributed by atoms with Gasteiger partial charge in [-0.2, -0.15) is 0 Å². The quantitative estimate of drug-likeness (QED) is 0.179. The lowest BCUT2D eigenvalue weighted by molar-refractivity contribution is -0.156. The summed E-state index contributed by atoms with van der Waals surface area (Å²) in [6.07, 6.45) is 4.11. The fourth-order valence-corrected chi connectivity index (χ4v) is 3.75. The van der Waals surface area contributed by atoms with E-state index in [2.05, 4.69) is 16.0 Å². The van der Waals surface area contributed by atoms with Crippen molar-refractivity contribution in [3.63, 3.8) is 0 Å². The predicted molar refractivity (Wildman–Crippen MR) is 132 cm³/mol. The van der Waals surface area contributed by atoms with Gasteiger partial charge in [0.15, 0.2) is 0 Å². The number of hydrogen-bond donors (Lipinski definition) is 5. The van der Waals surface area contributed by atoms with Crippen LogP contribution in [0.15, 0.2) is 24.3 Å². The number of amides is 3. The van der Waals surface area contributed by atoms with Crippen LogP contribution in [-0.2, 0) is 30.3 Å². The van der Waals surface area contributed by atoms with Crippen molar-refractivity contribution in [3.8, 4) is 0 Å². The summed E-state index contributed by atoms with van der Waals surface area (Å²) in [6, 6.07) is 5.95.